The van der Waals surface area contributed by atoms with Crippen LogP contribution in [0.3, 0.4) is 0 Å². The SMILES string of the molecule is CNC(=O)C(C(N)=O)c1cscn1. The highest BCUT2D eigenvalue weighted by atomic mass is 32.1. The Morgan fingerprint density at radius 3 is 2.77 bits per heavy atom. The van der Waals surface area contributed by atoms with E-state index in [1.54, 1.807) is 10.9 Å². The molecule has 1 unspecified atom stereocenters. The lowest BCUT2D eigenvalue weighted by Crippen LogP contribution is -2.35. The molecule has 0 saturated heterocycles. The Balaban J connectivity index is 2.93. The number of carbonyl (C=O) groups is 2. The third-order valence-electron chi connectivity index (χ3n) is 1.54. The Kier molecular flexibility index (Phi) is 2.97. The van der Waals surface area contributed by atoms with Crippen LogP contribution in [-0.4, -0.2) is 23.8 Å². The van der Waals surface area contributed by atoms with E-state index in [9.17, 15) is 9.59 Å². The Labute approximate surface area is 79.0 Å². The number of rotatable bonds is 3. The molecule has 1 aromatic heterocycles. The van der Waals surface area contributed by atoms with Crippen LogP contribution in [0.15, 0.2) is 10.9 Å². The second kappa shape index (κ2) is 3.99. The van der Waals surface area contributed by atoms with Crippen molar-refractivity contribution in [2.75, 3.05) is 7.05 Å². The van der Waals surface area contributed by atoms with Gasteiger partial charge in [-0.15, -0.1) is 11.3 Å². The number of likely N-dealkylation sites (N-methyl/N-ethyl adjacent to an activating group) is 1. The number of carbonyl (C=O) groups excluding carboxylic acids is 2. The number of aromatic nitrogens is 1. The number of thiazole rings is 1. The van der Waals surface area contributed by atoms with Crippen molar-refractivity contribution in [2.45, 2.75) is 5.92 Å². The Morgan fingerprint density at radius 2 is 2.38 bits per heavy atom. The van der Waals surface area contributed by atoms with Crippen molar-refractivity contribution in [3.63, 3.8) is 0 Å². The first kappa shape index (κ1) is 9.66. The quantitative estimate of drug-likeness (QED) is 0.641. The lowest BCUT2D eigenvalue weighted by molar-refractivity contribution is -0.129. The van der Waals surface area contributed by atoms with E-state index in [1.165, 1.54) is 18.4 Å². The minimum absolute atomic E-state index is 0.400. The normalized spacial score (nSPS) is 12.1. The molecule has 0 aliphatic carbocycles. The van der Waals surface area contributed by atoms with Crippen LogP contribution in [0.25, 0.3) is 0 Å². The van der Waals surface area contributed by atoms with E-state index in [2.05, 4.69) is 10.3 Å². The summed E-state index contributed by atoms with van der Waals surface area (Å²) in [6, 6.07) is 0. The monoisotopic (exact) mass is 199 g/mol. The first-order valence-corrected chi connectivity index (χ1v) is 4.50. The van der Waals surface area contributed by atoms with E-state index >= 15 is 0 Å². The molecule has 1 aromatic rings. The Morgan fingerprint density at radius 1 is 1.69 bits per heavy atom. The third kappa shape index (κ3) is 2.03. The van der Waals surface area contributed by atoms with Gasteiger partial charge in [0.25, 0.3) is 0 Å². The second-order valence-corrected chi connectivity index (χ2v) is 3.08. The topological polar surface area (TPSA) is 85.1 Å². The Bertz CT molecular complexity index is 310. The van der Waals surface area contributed by atoms with Crippen molar-refractivity contribution >= 4 is 23.2 Å². The molecule has 70 valence electrons. The summed E-state index contributed by atoms with van der Waals surface area (Å²) in [5.74, 6) is -2.10. The summed E-state index contributed by atoms with van der Waals surface area (Å²) in [6.07, 6.45) is 0. The molecule has 0 aliphatic rings. The number of amides is 2. The van der Waals surface area contributed by atoms with Gasteiger partial charge in [0.2, 0.25) is 11.8 Å². The fourth-order valence-corrected chi connectivity index (χ4v) is 1.50. The molecule has 0 aliphatic heterocycles. The summed E-state index contributed by atoms with van der Waals surface area (Å²) in [5.41, 5.74) is 7.02. The van der Waals surface area contributed by atoms with Crippen LogP contribution in [0.2, 0.25) is 0 Å². The molecule has 0 fully saturated rings. The lowest BCUT2D eigenvalue weighted by atomic mass is 10.1. The zero-order valence-electron chi connectivity index (χ0n) is 6.98. The highest BCUT2D eigenvalue weighted by Gasteiger charge is 2.26. The first-order chi connectivity index (χ1) is 6.16. The summed E-state index contributed by atoms with van der Waals surface area (Å²) in [5, 5.41) is 3.99. The number of hydrogen-bond acceptors (Lipinski definition) is 4. The van der Waals surface area contributed by atoms with Crippen LogP contribution < -0.4 is 11.1 Å². The van der Waals surface area contributed by atoms with Crippen LogP contribution in [0.4, 0.5) is 0 Å². The molecule has 0 bridgehead atoms. The molecule has 1 heterocycles. The van der Waals surface area contributed by atoms with Crippen LogP contribution in [0.1, 0.15) is 11.6 Å². The fraction of sp³-hybridized carbons (Fsp3) is 0.286. The number of nitrogens with two attached hydrogens (primary N) is 1. The molecule has 1 rings (SSSR count). The molecule has 0 spiro atoms. The first-order valence-electron chi connectivity index (χ1n) is 3.55. The molecule has 13 heavy (non-hydrogen) atoms. The Hall–Kier alpha value is -1.43. The average Bonchev–Trinajstić information content (AvgIpc) is 2.56. The molecule has 3 N–H and O–H groups in total. The predicted molar refractivity (Wildman–Crippen MR) is 48.1 cm³/mol. The maximum absolute atomic E-state index is 11.2. The van der Waals surface area contributed by atoms with Gasteiger partial charge >= 0.3 is 0 Å². The summed E-state index contributed by atoms with van der Waals surface area (Å²) in [7, 11) is 1.45. The highest BCUT2D eigenvalue weighted by molar-refractivity contribution is 7.07. The van der Waals surface area contributed by atoms with Gasteiger partial charge in [-0.3, -0.25) is 9.59 Å². The van der Waals surface area contributed by atoms with Crippen molar-refractivity contribution < 1.29 is 9.59 Å². The maximum Gasteiger partial charge on any atom is 0.238 e. The zero-order valence-corrected chi connectivity index (χ0v) is 7.80. The van der Waals surface area contributed by atoms with Gasteiger partial charge in [0.15, 0.2) is 5.92 Å². The van der Waals surface area contributed by atoms with Gasteiger partial charge in [-0.05, 0) is 0 Å². The van der Waals surface area contributed by atoms with Gasteiger partial charge in [-0.25, -0.2) is 4.98 Å². The van der Waals surface area contributed by atoms with Gasteiger partial charge in [-0.1, -0.05) is 0 Å². The second-order valence-electron chi connectivity index (χ2n) is 2.36. The summed E-state index contributed by atoms with van der Waals surface area (Å²) in [4.78, 5) is 26.0. The molecule has 1 atom stereocenters. The predicted octanol–water partition coefficient (Wildman–Crippen LogP) is -0.542. The van der Waals surface area contributed by atoms with Crippen molar-refractivity contribution in [3.8, 4) is 0 Å². The maximum atomic E-state index is 11.2. The fourth-order valence-electron chi connectivity index (χ4n) is 0.918. The van der Waals surface area contributed by atoms with Crippen molar-refractivity contribution in [2.24, 2.45) is 5.73 Å². The molecule has 0 aromatic carbocycles. The molecule has 2 amide bonds. The van der Waals surface area contributed by atoms with Crippen molar-refractivity contribution in [1.82, 2.24) is 10.3 Å². The van der Waals surface area contributed by atoms with Crippen molar-refractivity contribution in [3.05, 3.63) is 16.6 Å². The number of hydrogen-bond donors (Lipinski definition) is 2. The molecule has 0 radical (unpaired) electrons. The minimum atomic E-state index is -0.976. The van der Waals surface area contributed by atoms with E-state index in [0.29, 0.717) is 5.69 Å². The van der Waals surface area contributed by atoms with Gasteiger partial charge in [0.05, 0.1) is 11.2 Å². The van der Waals surface area contributed by atoms with Gasteiger partial charge in [-0.2, -0.15) is 0 Å². The van der Waals surface area contributed by atoms with Crippen LogP contribution in [0, 0.1) is 0 Å². The molecule has 5 nitrogen and oxygen atoms in total. The van der Waals surface area contributed by atoms with Crippen molar-refractivity contribution in [1.29, 1.82) is 0 Å². The highest BCUT2D eigenvalue weighted by Crippen LogP contribution is 2.14. The summed E-state index contributed by atoms with van der Waals surface area (Å²) >= 11 is 1.31. The minimum Gasteiger partial charge on any atom is -0.369 e. The van der Waals surface area contributed by atoms with Crippen LogP contribution >= 0.6 is 11.3 Å². The number of nitrogens with zero attached hydrogens (tertiary/aromatic N) is 1. The van der Waals surface area contributed by atoms with Crippen LogP contribution in [0.5, 0.6) is 0 Å². The molecular weight excluding hydrogens is 190 g/mol. The third-order valence-corrected chi connectivity index (χ3v) is 2.14. The van der Waals surface area contributed by atoms with E-state index in [0.717, 1.165) is 0 Å². The molecular formula is C7H9N3O2S. The van der Waals surface area contributed by atoms with Gasteiger partial charge in [0, 0.05) is 12.4 Å². The van der Waals surface area contributed by atoms with Gasteiger partial charge < -0.3 is 11.1 Å². The molecule has 6 heteroatoms. The van der Waals surface area contributed by atoms with Gasteiger partial charge in [0.1, 0.15) is 0 Å². The van der Waals surface area contributed by atoms with E-state index in [4.69, 9.17) is 5.73 Å². The van der Waals surface area contributed by atoms with E-state index < -0.39 is 17.7 Å². The van der Waals surface area contributed by atoms with Crippen LogP contribution in [-0.2, 0) is 9.59 Å². The van der Waals surface area contributed by atoms with E-state index in [-0.39, 0.29) is 0 Å². The zero-order chi connectivity index (χ0) is 9.84. The standard InChI is InChI=1S/C7H9N3O2S/c1-9-7(12)5(6(8)11)4-2-13-3-10-4/h2-3,5H,1H3,(H2,8,11)(H,9,12). The van der Waals surface area contributed by atoms with E-state index in [1.807, 2.05) is 0 Å². The summed E-state index contributed by atoms with van der Waals surface area (Å²) in [6.45, 7) is 0. The average molecular weight is 199 g/mol. The summed E-state index contributed by atoms with van der Waals surface area (Å²) < 4.78 is 0. The number of nitrogens with one attached hydrogen (secondary N) is 1. The molecule has 0 saturated carbocycles. The number of primary amides is 1. The smallest absolute Gasteiger partial charge is 0.238 e. The lowest BCUT2D eigenvalue weighted by Gasteiger charge is -2.07. The largest absolute Gasteiger partial charge is 0.369 e.